The van der Waals surface area contributed by atoms with E-state index in [4.69, 9.17) is 0 Å². The molecule has 1 saturated heterocycles. The van der Waals surface area contributed by atoms with Crippen molar-refractivity contribution in [1.82, 2.24) is 9.88 Å². The van der Waals surface area contributed by atoms with Crippen molar-refractivity contribution in [2.45, 2.75) is 39.7 Å². The van der Waals surface area contributed by atoms with Crippen LogP contribution in [0.25, 0.3) is 0 Å². The largest absolute Gasteiger partial charge is 0.369 e. The quantitative estimate of drug-likeness (QED) is 0.921. The lowest BCUT2D eigenvalue weighted by atomic mass is 10.1. The van der Waals surface area contributed by atoms with Crippen molar-refractivity contribution in [2.24, 2.45) is 5.92 Å². The highest BCUT2D eigenvalue weighted by Gasteiger charge is 2.32. The molecular weight excluding hydrogens is 257 g/mol. The van der Waals surface area contributed by atoms with E-state index in [1.807, 2.05) is 18.7 Å². The number of carbonyl (C=O) groups is 1. The zero-order valence-corrected chi connectivity index (χ0v) is 12.3. The highest BCUT2D eigenvalue weighted by molar-refractivity contribution is 5.99. The molecule has 1 aromatic heterocycles. The van der Waals surface area contributed by atoms with E-state index >= 15 is 0 Å². The first-order chi connectivity index (χ1) is 9.52. The highest BCUT2D eigenvalue weighted by Crippen LogP contribution is 2.26. The number of hydrogen-bond donors (Lipinski definition) is 1. The first-order valence-corrected chi connectivity index (χ1v) is 7.23. The monoisotopic (exact) mass is 279 g/mol. The molecule has 4 nitrogen and oxygen atoms in total. The lowest BCUT2D eigenvalue weighted by Gasteiger charge is -2.22. The van der Waals surface area contributed by atoms with E-state index in [-0.39, 0.29) is 11.9 Å². The predicted molar refractivity (Wildman–Crippen MR) is 77.3 cm³/mol. The highest BCUT2D eigenvalue weighted by atomic mass is 19.1. The van der Waals surface area contributed by atoms with Crippen LogP contribution in [0.15, 0.2) is 12.3 Å². The Balaban J connectivity index is 2.26. The lowest BCUT2D eigenvalue weighted by molar-refractivity contribution is 0.0744. The third-order valence-corrected chi connectivity index (χ3v) is 3.67. The summed E-state index contributed by atoms with van der Waals surface area (Å²) in [4.78, 5) is 18.5. The zero-order chi connectivity index (χ0) is 14.7. The Morgan fingerprint density at radius 1 is 1.55 bits per heavy atom. The van der Waals surface area contributed by atoms with Gasteiger partial charge >= 0.3 is 0 Å². The minimum Gasteiger partial charge on any atom is -0.369 e. The molecule has 2 unspecified atom stereocenters. The number of likely N-dealkylation sites (tertiary alicyclic amines) is 1. The minimum absolute atomic E-state index is 0.132. The summed E-state index contributed by atoms with van der Waals surface area (Å²) < 4.78 is 13.4. The summed E-state index contributed by atoms with van der Waals surface area (Å²) in [7, 11) is 0. The number of pyridine rings is 1. The smallest absolute Gasteiger partial charge is 0.257 e. The van der Waals surface area contributed by atoms with Crippen molar-refractivity contribution >= 4 is 11.7 Å². The van der Waals surface area contributed by atoms with Crippen molar-refractivity contribution in [1.29, 1.82) is 0 Å². The summed E-state index contributed by atoms with van der Waals surface area (Å²) in [5.41, 5.74) is 0.333. The number of halogens is 1. The molecule has 1 fully saturated rings. The molecule has 2 rings (SSSR count). The second-order valence-corrected chi connectivity index (χ2v) is 5.62. The maximum Gasteiger partial charge on any atom is 0.257 e. The Hall–Kier alpha value is -1.65. The SMILES string of the molecule is CCCNc1ncc(F)cc1C(=O)N1CC(C)CC1C. The van der Waals surface area contributed by atoms with Crippen LogP contribution >= 0.6 is 0 Å². The van der Waals surface area contributed by atoms with Gasteiger partial charge in [-0.05, 0) is 31.7 Å². The minimum atomic E-state index is -0.477. The molecule has 0 aliphatic carbocycles. The molecule has 1 aliphatic rings. The summed E-state index contributed by atoms with van der Waals surface area (Å²) >= 11 is 0. The van der Waals surface area contributed by atoms with Gasteiger partial charge in [-0.1, -0.05) is 13.8 Å². The van der Waals surface area contributed by atoms with Crippen LogP contribution in [0.1, 0.15) is 44.0 Å². The van der Waals surface area contributed by atoms with Gasteiger partial charge in [0.1, 0.15) is 11.6 Å². The van der Waals surface area contributed by atoms with E-state index in [0.29, 0.717) is 23.8 Å². The maximum atomic E-state index is 13.4. The van der Waals surface area contributed by atoms with Gasteiger partial charge in [0.05, 0.1) is 11.8 Å². The van der Waals surface area contributed by atoms with Crippen molar-refractivity contribution in [3.63, 3.8) is 0 Å². The van der Waals surface area contributed by atoms with Crippen LogP contribution in [0, 0.1) is 11.7 Å². The Kier molecular flexibility index (Phi) is 4.57. The Bertz CT molecular complexity index is 492. The molecule has 1 amide bonds. The van der Waals surface area contributed by atoms with Gasteiger partial charge in [0, 0.05) is 19.1 Å². The molecule has 0 radical (unpaired) electrons. The number of carbonyl (C=O) groups excluding carboxylic acids is 1. The van der Waals surface area contributed by atoms with Gasteiger partial charge in [0.15, 0.2) is 0 Å². The van der Waals surface area contributed by atoms with Crippen LogP contribution < -0.4 is 5.32 Å². The van der Waals surface area contributed by atoms with Crippen LogP contribution in [0.3, 0.4) is 0 Å². The molecule has 5 heteroatoms. The van der Waals surface area contributed by atoms with Crippen LogP contribution in [0.4, 0.5) is 10.2 Å². The van der Waals surface area contributed by atoms with Crippen molar-refractivity contribution in [3.05, 3.63) is 23.6 Å². The molecule has 110 valence electrons. The zero-order valence-electron chi connectivity index (χ0n) is 12.3. The van der Waals surface area contributed by atoms with Gasteiger partial charge in [-0.15, -0.1) is 0 Å². The predicted octanol–water partition coefficient (Wildman–Crippen LogP) is 2.91. The van der Waals surface area contributed by atoms with Gasteiger partial charge in [-0.3, -0.25) is 4.79 Å². The van der Waals surface area contributed by atoms with Gasteiger partial charge in [0.2, 0.25) is 0 Å². The van der Waals surface area contributed by atoms with Gasteiger partial charge in [-0.25, -0.2) is 9.37 Å². The summed E-state index contributed by atoms with van der Waals surface area (Å²) in [5.74, 6) is 0.357. The number of nitrogens with one attached hydrogen (secondary N) is 1. The molecule has 0 saturated carbocycles. The van der Waals surface area contributed by atoms with Gasteiger partial charge in [0.25, 0.3) is 5.91 Å². The normalized spacial score (nSPS) is 22.1. The fourth-order valence-corrected chi connectivity index (χ4v) is 2.72. The number of aromatic nitrogens is 1. The van der Waals surface area contributed by atoms with Crippen LogP contribution in [-0.4, -0.2) is 34.9 Å². The Morgan fingerprint density at radius 3 is 2.90 bits per heavy atom. The average Bonchev–Trinajstić information content (AvgIpc) is 2.75. The lowest BCUT2D eigenvalue weighted by Crippen LogP contribution is -2.34. The van der Waals surface area contributed by atoms with Crippen LogP contribution in [0.5, 0.6) is 0 Å². The Labute approximate surface area is 119 Å². The van der Waals surface area contributed by atoms with Crippen molar-refractivity contribution < 1.29 is 9.18 Å². The second-order valence-electron chi connectivity index (χ2n) is 5.62. The van der Waals surface area contributed by atoms with Crippen LogP contribution in [0.2, 0.25) is 0 Å². The number of nitrogens with zero attached hydrogens (tertiary/aromatic N) is 2. The topological polar surface area (TPSA) is 45.2 Å². The number of anilines is 1. The maximum absolute atomic E-state index is 13.4. The fourth-order valence-electron chi connectivity index (χ4n) is 2.72. The fraction of sp³-hybridized carbons (Fsp3) is 0.600. The summed E-state index contributed by atoms with van der Waals surface area (Å²) in [6.07, 6.45) is 3.06. The molecule has 1 aromatic rings. The molecule has 20 heavy (non-hydrogen) atoms. The second kappa shape index (κ2) is 6.20. The van der Waals surface area contributed by atoms with Gasteiger partial charge in [-0.2, -0.15) is 0 Å². The number of hydrogen-bond acceptors (Lipinski definition) is 3. The average molecular weight is 279 g/mol. The molecule has 1 N–H and O–H groups in total. The summed E-state index contributed by atoms with van der Waals surface area (Å²) in [5, 5.41) is 3.10. The van der Waals surface area contributed by atoms with E-state index in [9.17, 15) is 9.18 Å². The summed E-state index contributed by atoms with van der Waals surface area (Å²) in [6.45, 7) is 7.63. The molecule has 2 heterocycles. The molecular formula is C15H22FN3O. The molecule has 0 spiro atoms. The van der Waals surface area contributed by atoms with E-state index in [0.717, 1.165) is 25.6 Å². The molecule has 0 aromatic carbocycles. The standard InChI is InChI=1S/C15H22FN3O/c1-4-5-17-14-13(7-12(16)8-18-14)15(20)19-9-10(2)6-11(19)3/h7-8,10-11H,4-6,9H2,1-3H3,(H,17,18). The third-order valence-electron chi connectivity index (χ3n) is 3.67. The van der Waals surface area contributed by atoms with Crippen LogP contribution in [-0.2, 0) is 0 Å². The number of rotatable bonds is 4. The van der Waals surface area contributed by atoms with E-state index < -0.39 is 5.82 Å². The first-order valence-electron chi connectivity index (χ1n) is 7.23. The first kappa shape index (κ1) is 14.8. The van der Waals surface area contributed by atoms with Gasteiger partial charge < -0.3 is 10.2 Å². The van der Waals surface area contributed by atoms with Crippen molar-refractivity contribution in [3.8, 4) is 0 Å². The van der Waals surface area contributed by atoms with Crippen molar-refractivity contribution in [2.75, 3.05) is 18.4 Å². The third kappa shape index (κ3) is 3.08. The molecule has 2 atom stereocenters. The number of amides is 1. The summed E-state index contributed by atoms with van der Waals surface area (Å²) in [6, 6.07) is 1.48. The van der Waals surface area contributed by atoms with E-state index in [1.165, 1.54) is 6.07 Å². The van der Waals surface area contributed by atoms with E-state index in [1.54, 1.807) is 0 Å². The molecule has 1 aliphatic heterocycles. The molecule has 0 bridgehead atoms. The Morgan fingerprint density at radius 2 is 2.30 bits per heavy atom. The van der Waals surface area contributed by atoms with E-state index in [2.05, 4.69) is 17.2 Å².